The van der Waals surface area contributed by atoms with Gasteiger partial charge in [0.15, 0.2) is 0 Å². The second-order valence-corrected chi connectivity index (χ2v) is 7.45. The summed E-state index contributed by atoms with van der Waals surface area (Å²) in [7, 11) is -0.681. The molecule has 14 heavy (non-hydrogen) atoms. The molecule has 3 atom stereocenters. The van der Waals surface area contributed by atoms with Gasteiger partial charge in [-0.15, -0.1) is 11.8 Å². The third-order valence-corrected chi connectivity index (χ3v) is 7.42. The lowest BCUT2D eigenvalue weighted by molar-refractivity contribution is 0.367. The van der Waals surface area contributed by atoms with Crippen molar-refractivity contribution >= 4 is 22.6 Å². The summed E-state index contributed by atoms with van der Waals surface area (Å²) in [5.74, 6) is 1.60. The Morgan fingerprint density at radius 3 is 1.93 bits per heavy atom. The molecule has 84 valence electrons. The van der Waals surface area contributed by atoms with Gasteiger partial charge >= 0.3 is 0 Å². The predicted molar refractivity (Wildman–Crippen MR) is 67.1 cm³/mol. The lowest BCUT2D eigenvalue weighted by atomic mass is 9.92. The molecular formula is C11H22OS2. The van der Waals surface area contributed by atoms with Gasteiger partial charge in [0.1, 0.15) is 0 Å². The first-order chi connectivity index (χ1) is 6.59. The van der Waals surface area contributed by atoms with Crippen LogP contribution in [0.4, 0.5) is 0 Å². The molecule has 0 saturated heterocycles. The normalized spacial score (nSPS) is 40.0. The van der Waals surface area contributed by atoms with E-state index in [0.29, 0.717) is 0 Å². The van der Waals surface area contributed by atoms with Gasteiger partial charge in [-0.05, 0) is 30.9 Å². The van der Waals surface area contributed by atoms with E-state index in [4.69, 9.17) is 0 Å². The van der Waals surface area contributed by atoms with Crippen LogP contribution in [0, 0.1) is 11.8 Å². The summed E-state index contributed by atoms with van der Waals surface area (Å²) in [4.78, 5) is 0. The second-order valence-electron chi connectivity index (χ2n) is 4.31. The summed E-state index contributed by atoms with van der Waals surface area (Å²) in [6.45, 7) is 4.53. The third-order valence-electron chi connectivity index (χ3n) is 3.76. The molecular weight excluding hydrogens is 212 g/mol. The van der Waals surface area contributed by atoms with Crippen LogP contribution < -0.4 is 0 Å². The van der Waals surface area contributed by atoms with E-state index in [1.165, 1.54) is 12.8 Å². The quantitative estimate of drug-likeness (QED) is 0.742. The van der Waals surface area contributed by atoms with E-state index in [1.807, 2.05) is 18.0 Å². The maximum Gasteiger partial charge on any atom is 0.0908 e. The Balaban J connectivity index is 2.80. The fourth-order valence-electron chi connectivity index (χ4n) is 2.69. The van der Waals surface area contributed by atoms with Crippen LogP contribution in [-0.4, -0.2) is 20.8 Å². The van der Waals surface area contributed by atoms with Gasteiger partial charge in [-0.1, -0.05) is 26.7 Å². The first kappa shape index (κ1) is 12.6. The predicted octanol–water partition coefficient (Wildman–Crippen LogP) is 3.27. The van der Waals surface area contributed by atoms with Crippen LogP contribution in [0.15, 0.2) is 0 Å². The van der Waals surface area contributed by atoms with Crippen molar-refractivity contribution in [1.82, 2.24) is 0 Å². The average Bonchev–Trinajstić information content (AvgIpc) is 2.57. The second kappa shape index (κ2) is 5.02. The highest BCUT2D eigenvalue weighted by Crippen LogP contribution is 2.50. The van der Waals surface area contributed by atoms with Gasteiger partial charge in [0, 0.05) is 17.1 Å². The fourth-order valence-corrected chi connectivity index (χ4v) is 5.29. The Morgan fingerprint density at radius 1 is 1.29 bits per heavy atom. The summed E-state index contributed by atoms with van der Waals surface area (Å²) >= 11 is 1.83. The standard InChI is InChI=1S/C11H22OS2/c1-5-9-7-11(13-3,14(4)12)8-10(9)6-2/h9-10H,5-8H2,1-4H3. The van der Waals surface area contributed by atoms with Gasteiger partial charge in [0.05, 0.1) is 4.08 Å². The molecule has 0 bridgehead atoms. The monoisotopic (exact) mass is 234 g/mol. The number of thioether (sulfide) groups is 1. The van der Waals surface area contributed by atoms with Crippen molar-refractivity contribution in [2.45, 2.75) is 43.6 Å². The first-order valence-corrected chi connectivity index (χ1v) is 8.26. The Bertz CT molecular complexity index is 203. The van der Waals surface area contributed by atoms with E-state index in [0.717, 1.165) is 24.7 Å². The van der Waals surface area contributed by atoms with Gasteiger partial charge in [-0.2, -0.15) is 0 Å². The number of rotatable bonds is 4. The maximum atomic E-state index is 11.8. The molecule has 0 amide bonds. The van der Waals surface area contributed by atoms with Crippen LogP contribution in [0.25, 0.3) is 0 Å². The van der Waals surface area contributed by atoms with E-state index in [9.17, 15) is 4.21 Å². The third kappa shape index (κ3) is 2.19. The number of hydrogen-bond acceptors (Lipinski definition) is 2. The molecule has 1 nitrogen and oxygen atoms in total. The molecule has 0 N–H and O–H groups in total. The minimum Gasteiger partial charge on any atom is -0.258 e. The molecule has 1 fully saturated rings. The molecule has 0 aliphatic heterocycles. The van der Waals surface area contributed by atoms with Crippen molar-refractivity contribution in [2.75, 3.05) is 12.5 Å². The van der Waals surface area contributed by atoms with Crippen molar-refractivity contribution in [1.29, 1.82) is 0 Å². The van der Waals surface area contributed by atoms with Crippen LogP contribution >= 0.6 is 11.8 Å². The van der Waals surface area contributed by atoms with Gasteiger partial charge < -0.3 is 0 Å². The molecule has 1 rings (SSSR count). The molecule has 0 aromatic carbocycles. The van der Waals surface area contributed by atoms with E-state index in [1.54, 1.807) is 0 Å². The SMILES string of the molecule is CCC1CC(SC)(S(C)=O)CC1CC. The molecule has 3 heteroatoms. The van der Waals surface area contributed by atoms with Crippen LogP contribution in [0.5, 0.6) is 0 Å². The minimum absolute atomic E-state index is 0.0708. The molecule has 0 aromatic heterocycles. The highest BCUT2D eigenvalue weighted by Gasteiger charge is 2.46. The zero-order valence-corrected chi connectivity index (χ0v) is 11.3. The van der Waals surface area contributed by atoms with Gasteiger partial charge in [-0.3, -0.25) is 4.21 Å². The summed E-state index contributed by atoms with van der Waals surface area (Å²) in [6, 6.07) is 0. The lowest BCUT2D eigenvalue weighted by Crippen LogP contribution is -2.26. The highest BCUT2D eigenvalue weighted by molar-refractivity contribution is 8.11. The summed E-state index contributed by atoms with van der Waals surface area (Å²) in [6.07, 6.45) is 8.81. The van der Waals surface area contributed by atoms with E-state index in [-0.39, 0.29) is 4.08 Å². The zero-order valence-electron chi connectivity index (χ0n) is 9.71. The van der Waals surface area contributed by atoms with Crippen molar-refractivity contribution in [3.63, 3.8) is 0 Å². The van der Waals surface area contributed by atoms with Gasteiger partial charge in [-0.25, -0.2) is 0 Å². The van der Waals surface area contributed by atoms with Crippen molar-refractivity contribution in [3.8, 4) is 0 Å². The molecule has 1 saturated carbocycles. The molecule has 0 spiro atoms. The van der Waals surface area contributed by atoms with Crippen LogP contribution in [-0.2, 0) is 10.8 Å². The van der Waals surface area contributed by atoms with Crippen LogP contribution in [0.3, 0.4) is 0 Å². The topological polar surface area (TPSA) is 17.1 Å². The van der Waals surface area contributed by atoms with Crippen LogP contribution in [0.2, 0.25) is 0 Å². The maximum absolute atomic E-state index is 11.8. The molecule has 1 aliphatic carbocycles. The highest BCUT2D eigenvalue weighted by atomic mass is 32.2. The van der Waals surface area contributed by atoms with Crippen molar-refractivity contribution in [2.24, 2.45) is 11.8 Å². The molecule has 0 aromatic rings. The van der Waals surface area contributed by atoms with Crippen molar-refractivity contribution in [3.05, 3.63) is 0 Å². The fraction of sp³-hybridized carbons (Fsp3) is 1.00. The first-order valence-electron chi connectivity index (χ1n) is 5.48. The Labute approximate surface area is 94.9 Å². The van der Waals surface area contributed by atoms with Crippen molar-refractivity contribution < 1.29 is 4.21 Å². The zero-order chi connectivity index (χ0) is 10.8. The molecule has 3 unspecified atom stereocenters. The summed E-state index contributed by atoms with van der Waals surface area (Å²) in [5, 5.41) is 0. The summed E-state index contributed by atoms with van der Waals surface area (Å²) < 4.78 is 11.9. The molecule has 1 aliphatic rings. The van der Waals surface area contributed by atoms with Crippen LogP contribution in [0.1, 0.15) is 39.5 Å². The van der Waals surface area contributed by atoms with Gasteiger partial charge in [0.25, 0.3) is 0 Å². The van der Waals surface area contributed by atoms with E-state index >= 15 is 0 Å². The molecule has 0 heterocycles. The minimum atomic E-state index is -0.681. The largest absolute Gasteiger partial charge is 0.258 e. The smallest absolute Gasteiger partial charge is 0.0908 e. The van der Waals surface area contributed by atoms with E-state index < -0.39 is 10.8 Å². The average molecular weight is 234 g/mol. The Hall–Kier alpha value is 0.500. The Morgan fingerprint density at radius 2 is 1.71 bits per heavy atom. The Kier molecular flexibility index (Phi) is 4.51. The van der Waals surface area contributed by atoms with Gasteiger partial charge in [0.2, 0.25) is 0 Å². The van der Waals surface area contributed by atoms with E-state index in [2.05, 4.69) is 20.1 Å². The molecule has 0 radical (unpaired) electrons. The summed E-state index contributed by atoms with van der Waals surface area (Å²) in [5.41, 5.74) is 0. The number of hydrogen-bond donors (Lipinski definition) is 0. The lowest BCUT2D eigenvalue weighted by Gasteiger charge is -2.24.